The smallest absolute Gasteiger partial charge is 0.338 e. The maximum Gasteiger partial charge on any atom is 0.338 e. The second-order valence-electron chi connectivity index (χ2n) is 3.92. The van der Waals surface area contributed by atoms with Crippen LogP contribution in [0.3, 0.4) is 0 Å². The van der Waals surface area contributed by atoms with Crippen LogP contribution in [0.15, 0.2) is 0 Å². The van der Waals surface area contributed by atoms with Crippen LogP contribution in [0.5, 0.6) is 0 Å². The van der Waals surface area contributed by atoms with Crippen LogP contribution in [0.4, 0.5) is 0 Å². The zero-order valence-electron chi connectivity index (χ0n) is 10.2. The van der Waals surface area contributed by atoms with Gasteiger partial charge in [-0.1, -0.05) is 0 Å². The van der Waals surface area contributed by atoms with Crippen molar-refractivity contribution in [1.82, 2.24) is 5.32 Å². The van der Waals surface area contributed by atoms with Gasteiger partial charge in [-0.3, -0.25) is 5.32 Å². The van der Waals surface area contributed by atoms with Crippen LogP contribution in [-0.4, -0.2) is 48.4 Å². The summed E-state index contributed by atoms with van der Waals surface area (Å²) in [5, 5.41) is 12.2. The SMILES string of the molecule is CCOC(=O)C1(C(=O)OCC)CC[C@H](O)CN1. The number of carbonyl (C=O) groups is 2. The summed E-state index contributed by atoms with van der Waals surface area (Å²) < 4.78 is 9.81. The summed E-state index contributed by atoms with van der Waals surface area (Å²) in [6.07, 6.45) is 0.00295. The normalized spacial score (nSPS) is 22.9. The molecule has 1 fully saturated rings. The fourth-order valence-corrected chi connectivity index (χ4v) is 1.81. The number of nitrogens with one attached hydrogen (secondary N) is 1. The largest absolute Gasteiger partial charge is 0.464 e. The summed E-state index contributed by atoms with van der Waals surface area (Å²) in [7, 11) is 0. The van der Waals surface area contributed by atoms with Crippen molar-refractivity contribution in [2.24, 2.45) is 0 Å². The Bertz CT molecular complexity index is 264. The number of aliphatic hydroxyl groups is 1. The van der Waals surface area contributed by atoms with E-state index >= 15 is 0 Å². The molecule has 0 aromatic heterocycles. The molecule has 1 saturated heterocycles. The molecule has 1 heterocycles. The Morgan fingerprint density at radius 3 is 2.18 bits per heavy atom. The Labute approximate surface area is 100 Å². The highest BCUT2D eigenvalue weighted by molar-refractivity contribution is 6.05. The molecule has 0 aliphatic carbocycles. The Hall–Kier alpha value is -1.14. The summed E-state index contributed by atoms with van der Waals surface area (Å²) in [4.78, 5) is 23.8. The van der Waals surface area contributed by atoms with Crippen molar-refractivity contribution in [3.05, 3.63) is 0 Å². The molecule has 1 rings (SSSR count). The van der Waals surface area contributed by atoms with E-state index in [2.05, 4.69) is 5.32 Å². The van der Waals surface area contributed by atoms with Crippen molar-refractivity contribution in [1.29, 1.82) is 0 Å². The van der Waals surface area contributed by atoms with Gasteiger partial charge in [-0.05, 0) is 26.7 Å². The van der Waals surface area contributed by atoms with Crippen molar-refractivity contribution in [2.75, 3.05) is 19.8 Å². The maximum atomic E-state index is 11.9. The number of β-amino-alcohol motifs (C(OH)–C–C–N with tert-alkyl or cyclic N) is 1. The summed E-state index contributed by atoms with van der Waals surface area (Å²) in [6, 6.07) is 0. The van der Waals surface area contributed by atoms with Crippen molar-refractivity contribution in [3.8, 4) is 0 Å². The quantitative estimate of drug-likeness (QED) is 0.517. The first-order valence-corrected chi connectivity index (χ1v) is 5.84. The molecular weight excluding hydrogens is 226 g/mol. The highest BCUT2D eigenvalue weighted by Gasteiger charge is 2.50. The number of ether oxygens (including phenoxy) is 2. The Morgan fingerprint density at radius 2 is 1.82 bits per heavy atom. The minimum Gasteiger partial charge on any atom is -0.464 e. The van der Waals surface area contributed by atoms with E-state index < -0.39 is 23.6 Å². The first-order chi connectivity index (χ1) is 8.06. The van der Waals surface area contributed by atoms with Gasteiger partial charge in [0.1, 0.15) is 0 Å². The Kier molecular flexibility index (Phi) is 4.89. The fourth-order valence-electron chi connectivity index (χ4n) is 1.81. The van der Waals surface area contributed by atoms with Crippen molar-refractivity contribution in [2.45, 2.75) is 38.3 Å². The van der Waals surface area contributed by atoms with Crippen LogP contribution < -0.4 is 5.32 Å². The zero-order chi connectivity index (χ0) is 12.9. The van der Waals surface area contributed by atoms with E-state index in [0.29, 0.717) is 6.42 Å². The van der Waals surface area contributed by atoms with Crippen LogP contribution in [0, 0.1) is 0 Å². The number of rotatable bonds is 4. The summed E-state index contributed by atoms with van der Waals surface area (Å²) in [5.41, 5.74) is -1.45. The molecule has 6 heteroatoms. The van der Waals surface area contributed by atoms with Gasteiger partial charge in [-0.15, -0.1) is 0 Å². The predicted molar refractivity (Wildman–Crippen MR) is 59.2 cm³/mol. The fraction of sp³-hybridized carbons (Fsp3) is 0.818. The van der Waals surface area contributed by atoms with Gasteiger partial charge >= 0.3 is 11.9 Å². The molecule has 0 aromatic rings. The maximum absolute atomic E-state index is 11.9. The highest BCUT2D eigenvalue weighted by Crippen LogP contribution is 2.23. The molecule has 6 nitrogen and oxygen atoms in total. The lowest BCUT2D eigenvalue weighted by Crippen LogP contribution is -2.63. The number of esters is 2. The van der Waals surface area contributed by atoms with Gasteiger partial charge in [0.2, 0.25) is 5.54 Å². The molecule has 1 aliphatic heterocycles. The molecule has 0 radical (unpaired) electrons. The monoisotopic (exact) mass is 245 g/mol. The molecule has 0 saturated carbocycles. The molecule has 0 aromatic carbocycles. The highest BCUT2D eigenvalue weighted by atomic mass is 16.6. The lowest BCUT2D eigenvalue weighted by Gasteiger charge is -2.35. The third-order valence-corrected chi connectivity index (χ3v) is 2.74. The lowest BCUT2D eigenvalue weighted by atomic mass is 9.88. The molecule has 0 spiro atoms. The molecule has 1 atom stereocenters. The standard InChI is InChI=1S/C11H19NO5/c1-3-16-9(14)11(10(15)17-4-2)6-5-8(13)7-12-11/h8,12-13H,3-7H2,1-2H3/t8-/m0/s1. The average molecular weight is 245 g/mol. The molecule has 0 unspecified atom stereocenters. The Morgan fingerprint density at radius 1 is 1.29 bits per heavy atom. The predicted octanol–water partition coefficient (Wildman–Crippen LogP) is -0.404. The summed E-state index contributed by atoms with van der Waals surface area (Å²) in [6.45, 7) is 3.93. The topological polar surface area (TPSA) is 84.9 Å². The molecule has 1 aliphatic rings. The third kappa shape index (κ3) is 2.95. The second-order valence-corrected chi connectivity index (χ2v) is 3.92. The first-order valence-electron chi connectivity index (χ1n) is 5.84. The molecule has 17 heavy (non-hydrogen) atoms. The van der Waals surface area contributed by atoms with E-state index in [1.54, 1.807) is 13.8 Å². The van der Waals surface area contributed by atoms with Crippen LogP contribution in [0.25, 0.3) is 0 Å². The van der Waals surface area contributed by atoms with E-state index in [4.69, 9.17) is 9.47 Å². The Balaban J connectivity index is 2.84. The molecule has 2 N–H and O–H groups in total. The van der Waals surface area contributed by atoms with Crippen LogP contribution >= 0.6 is 0 Å². The van der Waals surface area contributed by atoms with Gasteiger partial charge in [0.05, 0.1) is 19.3 Å². The van der Waals surface area contributed by atoms with Gasteiger partial charge < -0.3 is 14.6 Å². The van der Waals surface area contributed by atoms with Gasteiger partial charge in [0.15, 0.2) is 0 Å². The van der Waals surface area contributed by atoms with Crippen molar-refractivity contribution >= 4 is 11.9 Å². The molecule has 0 amide bonds. The third-order valence-electron chi connectivity index (χ3n) is 2.74. The number of piperidine rings is 1. The summed E-state index contributed by atoms with van der Waals surface area (Å²) in [5.74, 6) is -1.27. The van der Waals surface area contributed by atoms with Gasteiger partial charge in [-0.25, -0.2) is 9.59 Å². The lowest BCUT2D eigenvalue weighted by molar-refractivity contribution is -0.168. The van der Waals surface area contributed by atoms with Gasteiger partial charge in [0, 0.05) is 6.54 Å². The van der Waals surface area contributed by atoms with E-state index in [-0.39, 0.29) is 26.2 Å². The minimum absolute atomic E-state index is 0.178. The van der Waals surface area contributed by atoms with Gasteiger partial charge in [0.25, 0.3) is 0 Å². The minimum atomic E-state index is -1.45. The van der Waals surface area contributed by atoms with E-state index in [1.807, 2.05) is 0 Å². The van der Waals surface area contributed by atoms with Gasteiger partial charge in [-0.2, -0.15) is 0 Å². The number of hydrogen-bond acceptors (Lipinski definition) is 6. The van der Waals surface area contributed by atoms with Crippen LogP contribution in [-0.2, 0) is 19.1 Å². The van der Waals surface area contributed by atoms with E-state index in [1.165, 1.54) is 0 Å². The van der Waals surface area contributed by atoms with Crippen molar-refractivity contribution < 1.29 is 24.2 Å². The first kappa shape index (κ1) is 13.9. The van der Waals surface area contributed by atoms with Crippen LogP contribution in [0.2, 0.25) is 0 Å². The number of carbonyl (C=O) groups excluding carboxylic acids is 2. The van der Waals surface area contributed by atoms with Crippen LogP contribution in [0.1, 0.15) is 26.7 Å². The van der Waals surface area contributed by atoms with E-state index in [0.717, 1.165) is 0 Å². The molecular formula is C11H19NO5. The average Bonchev–Trinajstić information content (AvgIpc) is 2.31. The molecule has 0 bridgehead atoms. The second kappa shape index (κ2) is 5.97. The zero-order valence-corrected chi connectivity index (χ0v) is 10.2. The van der Waals surface area contributed by atoms with Crippen molar-refractivity contribution in [3.63, 3.8) is 0 Å². The number of hydrogen-bond donors (Lipinski definition) is 2. The number of aliphatic hydroxyl groups excluding tert-OH is 1. The molecule has 98 valence electrons. The van der Waals surface area contributed by atoms with E-state index in [9.17, 15) is 14.7 Å². The summed E-state index contributed by atoms with van der Waals surface area (Å²) >= 11 is 0.